The fourth-order valence-electron chi connectivity index (χ4n) is 1.72. The second-order valence-corrected chi connectivity index (χ2v) is 4.66. The van der Waals surface area contributed by atoms with E-state index in [0.717, 1.165) is 12.3 Å². The van der Waals surface area contributed by atoms with Crippen LogP contribution in [-0.2, 0) is 22.3 Å². The summed E-state index contributed by atoms with van der Waals surface area (Å²) < 4.78 is 50.4. The van der Waals surface area contributed by atoms with Gasteiger partial charge in [-0.15, -0.1) is 0 Å². The second-order valence-electron chi connectivity index (χ2n) is 4.66. The first-order valence-corrected chi connectivity index (χ1v) is 6.63. The highest BCUT2D eigenvalue weighted by atomic mass is 19.4. The van der Waals surface area contributed by atoms with Crippen LogP contribution in [0.2, 0.25) is 0 Å². The second kappa shape index (κ2) is 7.07. The topological polar surface area (TPSA) is 71.1 Å². The Hall–Kier alpha value is -2.97. The summed E-state index contributed by atoms with van der Waals surface area (Å²) in [6.07, 6.45) is -3.81. The van der Waals surface area contributed by atoms with Crippen molar-refractivity contribution >= 4 is 17.5 Å². The Labute approximate surface area is 133 Å². The van der Waals surface area contributed by atoms with E-state index < -0.39 is 29.5 Å². The first-order chi connectivity index (χ1) is 11.3. The number of carbonyl (C=O) groups excluding carboxylic acids is 2. The summed E-state index contributed by atoms with van der Waals surface area (Å²) in [4.78, 5) is 26.4. The van der Waals surface area contributed by atoms with Crippen molar-refractivity contribution in [3.05, 3.63) is 59.7 Å². The van der Waals surface area contributed by atoms with Crippen LogP contribution in [0.4, 0.5) is 23.2 Å². The summed E-state index contributed by atoms with van der Waals surface area (Å²) in [5.41, 5.74) is -1.01. The Balaban J connectivity index is 1.92. The number of carbonyl (C=O) groups is 2. The van der Waals surface area contributed by atoms with E-state index in [4.69, 9.17) is 0 Å². The monoisotopic (exact) mass is 341 g/mol. The molecular weight excluding hydrogens is 330 g/mol. The van der Waals surface area contributed by atoms with Gasteiger partial charge in [0.05, 0.1) is 11.9 Å². The van der Waals surface area contributed by atoms with Gasteiger partial charge in [-0.25, -0.2) is 9.37 Å². The lowest BCUT2D eigenvalue weighted by Crippen LogP contribution is -2.35. The third-order valence-electron chi connectivity index (χ3n) is 2.92. The van der Waals surface area contributed by atoms with Crippen molar-refractivity contribution < 1.29 is 27.2 Å². The number of aromatic nitrogens is 1. The van der Waals surface area contributed by atoms with Crippen molar-refractivity contribution in [1.29, 1.82) is 0 Å². The molecule has 0 bridgehead atoms. The van der Waals surface area contributed by atoms with Crippen LogP contribution in [0.3, 0.4) is 0 Å². The summed E-state index contributed by atoms with van der Waals surface area (Å²) in [7, 11) is 0. The molecule has 2 amide bonds. The zero-order valence-corrected chi connectivity index (χ0v) is 12.0. The molecule has 126 valence electrons. The summed E-state index contributed by atoms with van der Waals surface area (Å²) in [6.45, 7) is -0.204. The van der Waals surface area contributed by atoms with Gasteiger partial charge in [0.15, 0.2) is 0 Å². The molecule has 0 saturated heterocycles. The SMILES string of the molecule is O=C(NCc1ccccc1F)C(=O)Nc1ccc(C(F)(F)F)nc1. The third-order valence-corrected chi connectivity index (χ3v) is 2.92. The summed E-state index contributed by atoms with van der Waals surface area (Å²) >= 11 is 0. The number of alkyl halides is 3. The molecule has 2 rings (SSSR count). The van der Waals surface area contributed by atoms with Gasteiger partial charge in [0.1, 0.15) is 11.5 Å². The smallest absolute Gasteiger partial charge is 0.344 e. The number of nitrogens with zero attached hydrogens (tertiary/aromatic N) is 1. The highest BCUT2D eigenvalue weighted by molar-refractivity contribution is 6.39. The molecule has 0 saturated carbocycles. The van der Waals surface area contributed by atoms with E-state index in [-0.39, 0.29) is 17.8 Å². The van der Waals surface area contributed by atoms with E-state index in [1.807, 2.05) is 0 Å². The van der Waals surface area contributed by atoms with E-state index in [1.54, 1.807) is 6.07 Å². The lowest BCUT2D eigenvalue weighted by Gasteiger charge is -2.08. The largest absolute Gasteiger partial charge is 0.433 e. The normalized spacial score (nSPS) is 11.0. The van der Waals surface area contributed by atoms with Crippen molar-refractivity contribution in [1.82, 2.24) is 10.3 Å². The van der Waals surface area contributed by atoms with E-state index in [1.165, 1.54) is 18.2 Å². The van der Waals surface area contributed by atoms with Crippen molar-refractivity contribution in [2.45, 2.75) is 12.7 Å². The number of nitrogens with one attached hydrogen (secondary N) is 2. The maximum Gasteiger partial charge on any atom is 0.433 e. The molecule has 24 heavy (non-hydrogen) atoms. The van der Waals surface area contributed by atoms with Gasteiger partial charge in [0.25, 0.3) is 0 Å². The minimum atomic E-state index is -4.60. The van der Waals surface area contributed by atoms with Crippen LogP contribution >= 0.6 is 0 Å². The molecule has 1 aromatic carbocycles. The quantitative estimate of drug-likeness (QED) is 0.666. The first kappa shape index (κ1) is 17.4. The molecule has 0 aliphatic carbocycles. The van der Waals surface area contributed by atoms with Crippen LogP contribution in [0.15, 0.2) is 42.6 Å². The lowest BCUT2D eigenvalue weighted by atomic mass is 10.2. The fourth-order valence-corrected chi connectivity index (χ4v) is 1.72. The van der Waals surface area contributed by atoms with Crippen LogP contribution in [0.25, 0.3) is 0 Å². The Morgan fingerprint density at radius 1 is 1.04 bits per heavy atom. The van der Waals surface area contributed by atoms with Gasteiger partial charge in [-0.3, -0.25) is 9.59 Å². The van der Waals surface area contributed by atoms with Crippen LogP contribution in [-0.4, -0.2) is 16.8 Å². The Morgan fingerprint density at radius 3 is 2.33 bits per heavy atom. The zero-order valence-electron chi connectivity index (χ0n) is 12.0. The maximum atomic E-state index is 13.4. The predicted molar refractivity (Wildman–Crippen MR) is 76.1 cm³/mol. The van der Waals surface area contributed by atoms with Gasteiger partial charge in [-0.2, -0.15) is 13.2 Å². The van der Waals surface area contributed by atoms with Gasteiger partial charge in [0.2, 0.25) is 0 Å². The molecule has 0 unspecified atom stereocenters. The van der Waals surface area contributed by atoms with Gasteiger partial charge < -0.3 is 10.6 Å². The fraction of sp³-hybridized carbons (Fsp3) is 0.133. The average molecular weight is 341 g/mol. The van der Waals surface area contributed by atoms with Crippen LogP contribution in [0.5, 0.6) is 0 Å². The van der Waals surface area contributed by atoms with Gasteiger partial charge in [-0.1, -0.05) is 18.2 Å². The standard InChI is InChI=1S/C15H11F4N3O2/c16-11-4-2-1-3-9(11)7-21-13(23)14(24)22-10-5-6-12(20-8-10)15(17,18)19/h1-6,8H,7H2,(H,21,23)(H,22,24). The minimum Gasteiger partial charge on any atom is -0.344 e. The molecule has 1 aromatic heterocycles. The lowest BCUT2D eigenvalue weighted by molar-refractivity contribution is -0.141. The Morgan fingerprint density at radius 2 is 1.75 bits per heavy atom. The molecule has 9 heteroatoms. The number of amides is 2. The Kier molecular flexibility index (Phi) is 5.12. The number of pyridine rings is 1. The molecule has 0 spiro atoms. The highest BCUT2D eigenvalue weighted by Crippen LogP contribution is 2.27. The van der Waals surface area contributed by atoms with Crippen molar-refractivity contribution in [2.24, 2.45) is 0 Å². The van der Waals surface area contributed by atoms with E-state index in [0.29, 0.717) is 6.07 Å². The minimum absolute atomic E-state index is 0.0750. The number of anilines is 1. The molecule has 0 fully saturated rings. The Bertz CT molecular complexity index is 745. The van der Waals surface area contributed by atoms with E-state index >= 15 is 0 Å². The molecule has 2 N–H and O–H groups in total. The van der Waals surface area contributed by atoms with Gasteiger partial charge in [-0.05, 0) is 18.2 Å². The van der Waals surface area contributed by atoms with Crippen molar-refractivity contribution in [2.75, 3.05) is 5.32 Å². The molecule has 1 heterocycles. The number of benzene rings is 1. The molecule has 0 atom stereocenters. The van der Waals surface area contributed by atoms with Crippen LogP contribution in [0.1, 0.15) is 11.3 Å². The summed E-state index contributed by atoms with van der Waals surface area (Å²) in [5.74, 6) is -2.70. The number of rotatable bonds is 3. The maximum absolute atomic E-state index is 13.4. The molecule has 0 aliphatic rings. The summed E-state index contributed by atoms with van der Waals surface area (Å²) in [5, 5.41) is 4.30. The third kappa shape index (κ3) is 4.51. The molecule has 0 aliphatic heterocycles. The average Bonchev–Trinajstić information content (AvgIpc) is 2.53. The van der Waals surface area contributed by atoms with E-state index in [2.05, 4.69) is 15.6 Å². The highest BCUT2D eigenvalue weighted by Gasteiger charge is 2.32. The molecule has 0 radical (unpaired) electrons. The predicted octanol–water partition coefficient (Wildman–Crippen LogP) is 2.49. The number of halogens is 4. The molecule has 5 nitrogen and oxygen atoms in total. The van der Waals surface area contributed by atoms with Gasteiger partial charge >= 0.3 is 18.0 Å². The van der Waals surface area contributed by atoms with Crippen molar-refractivity contribution in [3.63, 3.8) is 0 Å². The number of hydrogen-bond acceptors (Lipinski definition) is 3. The van der Waals surface area contributed by atoms with Crippen LogP contribution in [0, 0.1) is 5.82 Å². The van der Waals surface area contributed by atoms with Crippen LogP contribution < -0.4 is 10.6 Å². The zero-order chi connectivity index (χ0) is 17.7. The van der Waals surface area contributed by atoms with Gasteiger partial charge in [0, 0.05) is 12.1 Å². The van der Waals surface area contributed by atoms with Crippen molar-refractivity contribution in [3.8, 4) is 0 Å². The summed E-state index contributed by atoms with van der Waals surface area (Å²) in [6, 6.07) is 7.33. The first-order valence-electron chi connectivity index (χ1n) is 6.63. The molecule has 2 aromatic rings. The van der Waals surface area contributed by atoms with E-state index in [9.17, 15) is 27.2 Å². The number of hydrogen-bond donors (Lipinski definition) is 2. The molecular formula is C15H11F4N3O2.